The third kappa shape index (κ3) is 9.43. The number of hydrogen-bond acceptors (Lipinski definition) is 2. The van der Waals surface area contributed by atoms with E-state index in [0.717, 1.165) is 30.4 Å². The molecule has 0 saturated carbocycles. The number of carbonyl (C=O) groups excluding carboxylic acids is 1. The summed E-state index contributed by atoms with van der Waals surface area (Å²) in [6.45, 7) is 6.00. The Labute approximate surface area is 156 Å². The molecule has 0 aliphatic carbocycles. The maximum Gasteiger partial charge on any atom is 0.248 e. The van der Waals surface area contributed by atoms with Crippen LogP contribution in [0, 0.1) is 5.92 Å². The highest BCUT2D eigenvalue weighted by Gasteiger charge is 2.02. The van der Waals surface area contributed by atoms with Gasteiger partial charge in [0.25, 0.3) is 0 Å². The fourth-order valence-electron chi connectivity index (χ4n) is 2.13. The molecule has 0 radical (unpaired) electrons. The van der Waals surface area contributed by atoms with E-state index in [2.05, 4.69) is 29.5 Å². The second-order valence-corrected chi connectivity index (χ2v) is 5.81. The van der Waals surface area contributed by atoms with E-state index in [4.69, 9.17) is 5.73 Å². The molecule has 1 rings (SSSR count). The highest BCUT2D eigenvalue weighted by Crippen LogP contribution is 2.05. The zero-order valence-corrected chi connectivity index (χ0v) is 16.6. The number of halogens is 1. The number of benzene rings is 1. The van der Waals surface area contributed by atoms with E-state index in [1.165, 1.54) is 12.8 Å². The Morgan fingerprint density at radius 1 is 1.26 bits per heavy atom. The molecule has 1 amide bonds. The summed E-state index contributed by atoms with van der Waals surface area (Å²) >= 11 is 0. The lowest BCUT2D eigenvalue weighted by Crippen LogP contribution is -2.37. The lowest BCUT2D eigenvalue weighted by molar-refractivity contribution is 0.1000. The van der Waals surface area contributed by atoms with Crippen LogP contribution >= 0.6 is 24.0 Å². The Kier molecular flexibility index (Phi) is 11.5. The number of carbonyl (C=O) groups is 1. The molecular formula is C17H29IN4O. The zero-order valence-electron chi connectivity index (χ0n) is 14.3. The van der Waals surface area contributed by atoms with Crippen molar-refractivity contribution in [2.75, 3.05) is 13.6 Å². The van der Waals surface area contributed by atoms with E-state index < -0.39 is 5.91 Å². The van der Waals surface area contributed by atoms with Gasteiger partial charge < -0.3 is 16.4 Å². The van der Waals surface area contributed by atoms with Gasteiger partial charge in [0.1, 0.15) is 0 Å². The monoisotopic (exact) mass is 432 g/mol. The number of unbranched alkanes of at least 4 members (excludes halogenated alkanes) is 1. The van der Waals surface area contributed by atoms with E-state index in [0.29, 0.717) is 12.1 Å². The standard InChI is InChI=1S/C17H28N4O.HI/c1-13(2)7-4-5-10-20-17(19-3)21-12-14-8-6-9-15(11-14)16(18)22;/h6,8-9,11,13H,4-5,7,10,12H2,1-3H3,(H2,18,22)(H2,19,20,21);1H. The van der Waals surface area contributed by atoms with Gasteiger partial charge in [-0.25, -0.2) is 0 Å². The molecule has 0 aliphatic heterocycles. The molecule has 5 nitrogen and oxygen atoms in total. The maximum absolute atomic E-state index is 11.2. The summed E-state index contributed by atoms with van der Waals surface area (Å²) in [4.78, 5) is 15.4. The fourth-order valence-corrected chi connectivity index (χ4v) is 2.13. The highest BCUT2D eigenvalue weighted by atomic mass is 127. The number of nitrogens with zero attached hydrogens (tertiary/aromatic N) is 1. The van der Waals surface area contributed by atoms with Crippen molar-refractivity contribution in [3.63, 3.8) is 0 Å². The van der Waals surface area contributed by atoms with Crippen LogP contribution in [-0.4, -0.2) is 25.5 Å². The first-order valence-electron chi connectivity index (χ1n) is 7.86. The van der Waals surface area contributed by atoms with Crippen molar-refractivity contribution in [3.05, 3.63) is 35.4 Å². The van der Waals surface area contributed by atoms with Gasteiger partial charge >= 0.3 is 0 Å². The van der Waals surface area contributed by atoms with Crippen molar-refractivity contribution in [2.45, 2.75) is 39.7 Å². The summed E-state index contributed by atoms with van der Waals surface area (Å²) in [5, 5.41) is 6.54. The van der Waals surface area contributed by atoms with Crippen LogP contribution in [0.1, 0.15) is 49.0 Å². The Hall–Kier alpha value is -1.31. The molecule has 0 spiro atoms. The van der Waals surface area contributed by atoms with Gasteiger partial charge in [-0.2, -0.15) is 0 Å². The minimum atomic E-state index is -0.408. The molecule has 0 aromatic heterocycles. The predicted molar refractivity (Wildman–Crippen MR) is 107 cm³/mol. The quantitative estimate of drug-likeness (QED) is 0.256. The number of amides is 1. The van der Waals surface area contributed by atoms with Crippen molar-refractivity contribution < 1.29 is 4.79 Å². The van der Waals surface area contributed by atoms with Gasteiger partial charge in [0.05, 0.1) is 0 Å². The summed E-state index contributed by atoms with van der Waals surface area (Å²) in [6, 6.07) is 7.30. The predicted octanol–water partition coefficient (Wildman–Crippen LogP) is 2.89. The Morgan fingerprint density at radius 3 is 2.61 bits per heavy atom. The molecular weight excluding hydrogens is 403 g/mol. The molecule has 0 atom stereocenters. The third-order valence-corrected chi connectivity index (χ3v) is 3.40. The number of hydrogen-bond donors (Lipinski definition) is 3. The topological polar surface area (TPSA) is 79.5 Å². The molecule has 130 valence electrons. The van der Waals surface area contributed by atoms with E-state index in [-0.39, 0.29) is 24.0 Å². The van der Waals surface area contributed by atoms with E-state index in [1.54, 1.807) is 19.2 Å². The van der Waals surface area contributed by atoms with E-state index >= 15 is 0 Å². The zero-order chi connectivity index (χ0) is 16.4. The summed E-state index contributed by atoms with van der Waals surface area (Å²) in [6.07, 6.45) is 3.62. The summed E-state index contributed by atoms with van der Waals surface area (Å²) in [5.41, 5.74) is 6.81. The Bertz CT molecular complexity index is 503. The lowest BCUT2D eigenvalue weighted by Gasteiger charge is -2.12. The van der Waals surface area contributed by atoms with Gasteiger partial charge in [0.2, 0.25) is 5.91 Å². The van der Waals surface area contributed by atoms with Crippen LogP contribution in [0.5, 0.6) is 0 Å². The number of nitrogens with one attached hydrogen (secondary N) is 2. The SMILES string of the molecule is CN=C(NCCCCC(C)C)NCc1cccc(C(N)=O)c1.I. The van der Waals surface area contributed by atoms with Gasteiger partial charge in [0, 0.05) is 25.7 Å². The van der Waals surface area contributed by atoms with E-state index in [9.17, 15) is 4.79 Å². The molecule has 4 N–H and O–H groups in total. The van der Waals surface area contributed by atoms with Crippen LogP contribution in [0.15, 0.2) is 29.3 Å². The highest BCUT2D eigenvalue weighted by molar-refractivity contribution is 14.0. The Morgan fingerprint density at radius 2 is 2.00 bits per heavy atom. The third-order valence-electron chi connectivity index (χ3n) is 3.40. The molecule has 0 fully saturated rings. The molecule has 0 unspecified atom stereocenters. The minimum Gasteiger partial charge on any atom is -0.366 e. The fraction of sp³-hybridized carbons (Fsp3) is 0.529. The van der Waals surface area contributed by atoms with Crippen molar-refractivity contribution in [3.8, 4) is 0 Å². The molecule has 0 heterocycles. The minimum absolute atomic E-state index is 0. The van der Waals surface area contributed by atoms with Gasteiger partial charge in [-0.1, -0.05) is 38.8 Å². The summed E-state index contributed by atoms with van der Waals surface area (Å²) in [5.74, 6) is 1.12. The van der Waals surface area contributed by atoms with Gasteiger partial charge in [-0.05, 0) is 30.0 Å². The maximum atomic E-state index is 11.2. The summed E-state index contributed by atoms with van der Waals surface area (Å²) < 4.78 is 0. The molecule has 23 heavy (non-hydrogen) atoms. The first kappa shape index (κ1) is 21.7. The van der Waals surface area contributed by atoms with Crippen molar-refractivity contribution in [1.29, 1.82) is 0 Å². The molecule has 0 saturated heterocycles. The summed E-state index contributed by atoms with van der Waals surface area (Å²) in [7, 11) is 1.75. The van der Waals surface area contributed by atoms with Crippen LogP contribution in [0.25, 0.3) is 0 Å². The van der Waals surface area contributed by atoms with Gasteiger partial charge in [0.15, 0.2) is 5.96 Å². The average molecular weight is 432 g/mol. The molecule has 0 aliphatic rings. The first-order valence-corrected chi connectivity index (χ1v) is 7.86. The smallest absolute Gasteiger partial charge is 0.248 e. The van der Waals surface area contributed by atoms with Crippen LogP contribution in [0.2, 0.25) is 0 Å². The number of rotatable bonds is 8. The number of primary amides is 1. The average Bonchev–Trinajstić information content (AvgIpc) is 2.50. The first-order chi connectivity index (χ1) is 10.5. The largest absolute Gasteiger partial charge is 0.366 e. The number of guanidine groups is 1. The van der Waals surface area contributed by atoms with Crippen molar-refractivity contribution in [1.82, 2.24) is 10.6 Å². The lowest BCUT2D eigenvalue weighted by atomic mass is 10.1. The van der Waals surface area contributed by atoms with Gasteiger partial charge in [-0.3, -0.25) is 9.79 Å². The normalized spacial score (nSPS) is 11.0. The van der Waals surface area contributed by atoms with Gasteiger partial charge in [-0.15, -0.1) is 24.0 Å². The van der Waals surface area contributed by atoms with E-state index in [1.807, 2.05) is 12.1 Å². The second-order valence-electron chi connectivity index (χ2n) is 5.81. The Balaban J connectivity index is 0.00000484. The van der Waals surface area contributed by atoms with Crippen LogP contribution in [0.3, 0.4) is 0 Å². The van der Waals surface area contributed by atoms with Crippen molar-refractivity contribution in [2.24, 2.45) is 16.6 Å². The van der Waals surface area contributed by atoms with Crippen molar-refractivity contribution >= 4 is 35.8 Å². The molecule has 1 aromatic carbocycles. The van der Waals surface area contributed by atoms with Crippen LogP contribution < -0.4 is 16.4 Å². The molecule has 0 bridgehead atoms. The van der Waals surface area contributed by atoms with Crippen LogP contribution in [-0.2, 0) is 6.54 Å². The second kappa shape index (κ2) is 12.2. The molecule has 6 heteroatoms. The molecule has 1 aromatic rings. The number of nitrogens with two attached hydrogens (primary N) is 1. The van der Waals surface area contributed by atoms with Crippen LogP contribution in [0.4, 0.5) is 0 Å². The number of aliphatic imine (C=N–C) groups is 1.